The molecule has 10 heteroatoms. The molecule has 0 radical (unpaired) electrons. The van der Waals surface area contributed by atoms with Gasteiger partial charge < -0.3 is 15.0 Å². The summed E-state index contributed by atoms with van der Waals surface area (Å²) in [5.41, 5.74) is 3.79. The molecule has 0 saturated carbocycles. The molecule has 3 N–H and O–H groups in total. The second kappa shape index (κ2) is 9.45. The zero-order valence-corrected chi connectivity index (χ0v) is 17.6. The van der Waals surface area contributed by atoms with Gasteiger partial charge in [0.05, 0.1) is 18.9 Å². The lowest BCUT2D eigenvalue weighted by Gasteiger charge is -2.07. The van der Waals surface area contributed by atoms with Crippen LogP contribution in [-0.4, -0.2) is 43.4 Å². The minimum absolute atomic E-state index is 0.291. The number of benzene rings is 1. The summed E-state index contributed by atoms with van der Waals surface area (Å²) in [4.78, 5) is 23.7. The van der Waals surface area contributed by atoms with Crippen molar-refractivity contribution in [3.63, 3.8) is 0 Å². The average Bonchev–Trinajstić information content (AvgIpc) is 3.40. The summed E-state index contributed by atoms with van der Waals surface area (Å²) in [6, 6.07) is 7.03. The first-order valence-corrected chi connectivity index (χ1v) is 10.5. The van der Waals surface area contributed by atoms with Crippen molar-refractivity contribution in [3.8, 4) is 22.8 Å². The topological polar surface area (TPSA) is 110 Å². The van der Waals surface area contributed by atoms with Crippen molar-refractivity contribution >= 4 is 34.7 Å². The van der Waals surface area contributed by atoms with E-state index >= 15 is 0 Å². The number of nitrogens with one attached hydrogen (secondary N) is 3. The van der Waals surface area contributed by atoms with Gasteiger partial charge >= 0.3 is 0 Å². The Labute approximate surface area is 183 Å². The van der Waals surface area contributed by atoms with Crippen molar-refractivity contribution in [2.45, 2.75) is 6.54 Å². The lowest BCUT2D eigenvalue weighted by Crippen LogP contribution is -2.07. The molecule has 9 nitrogen and oxygen atoms in total. The number of amides is 1. The number of anilines is 1. The van der Waals surface area contributed by atoms with Gasteiger partial charge in [0.15, 0.2) is 5.65 Å². The standard InChI is InChI=1S/C21H21N7O2S/c1-3-18(29)26-15-5-4-6-16(9-15)30-19-12-24-21-20(27-19)17(11-23-21)14-10-25-28(13-14)7-8-31-22-2/h3-6,9-13,22H,1,7-8H2,2H3,(H,23,24)(H,26,29). The lowest BCUT2D eigenvalue weighted by atomic mass is 10.2. The van der Waals surface area contributed by atoms with Crippen molar-refractivity contribution in [2.24, 2.45) is 0 Å². The highest BCUT2D eigenvalue weighted by Gasteiger charge is 2.13. The van der Waals surface area contributed by atoms with Crippen LogP contribution >= 0.6 is 11.9 Å². The Kier molecular flexibility index (Phi) is 6.29. The summed E-state index contributed by atoms with van der Waals surface area (Å²) in [5.74, 6) is 1.50. The maximum absolute atomic E-state index is 11.5. The zero-order valence-electron chi connectivity index (χ0n) is 16.8. The molecule has 0 aliphatic heterocycles. The van der Waals surface area contributed by atoms with Crippen LogP contribution in [0.2, 0.25) is 0 Å². The smallest absolute Gasteiger partial charge is 0.247 e. The molecule has 3 aromatic heterocycles. The molecular weight excluding hydrogens is 414 g/mol. The van der Waals surface area contributed by atoms with Crippen molar-refractivity contribution in [2.75, 3.05) is 18.1 Å². The number of hydrogen-bond acceptors (Lipinski definition) is 7. The van der Waals surface area contributed by atoms with Gasteiger partial charge in [0.2, 0.25) is 11.8 Å². The maximum atomic E-state index is 11.5. The van der Waals surface area contributed by atoms with Crippen LogP contribution in [0.5, 0.6) is 11.6 Å². The van der Waals surface area contributed by atoms with E-state index in [0.29, 0.717) is 28.5 Å². The number of rotatable bonds is 9. The molecule has 4 rings (SSSR count). The van der Waals surface area contributed by atoms with Crippen LogP contribution in [0.1, 0.15) is 0 Å². The number of aryl methyl sites for hydroxylation is 1. The predicted molar refractivity (Wildman–Crippen MR) is 122 cm³/mol. The number of ether oxygens (including phenoxy) is 1. The van der Waals surface area contributed by atoms with E-state index in [1.165, 1.54) is 6.08 Å². The van der Waals surface area contributed by atoms with Gasteiger partial charge in [-0.25, -0.2) is 9.97 Å². The Morgan fingerprint density at radius 3 is 3.13 bits per heavy atom. The van der Waals surface area contributed by atoms with Crippen molar-refractivity contribution in [3.05, 3.63) is 61.7 Å². The molecule has 0 aliphatic rings. The molecule has 1 aromatic carbocycles. The number of hydrogen-bond donors (Lipinski definition) is 3. The normalized spacial score (nSPS) is 10.9. The predicted octanol–water partition coefficient (Wildman–Crippen LogP) is 3.61. The van der Waals surface area contributed by atoms with Gasteiger partial charge in [0.25, 0.3) is 0 Å². The molecule has 0 bridgehead atoms. The quantitative estimate of drug-likeness (QED) is 0.209. The van der Waals surface area contributed by atoms with Crippen LogP contribution < -0.4 is 14.8 Å². The number of aromatic nitrogens is 5. The molecule has 1 amide bonds. The molecule has 0 atom stereocenters. The van der Waals surface area contributed by atoms with Crippen molar-refractivity contribution < 1.29 is 9.53 Å². The summed E-state index contributed by atoms with van der Waals surface area (Å²) >= 11 is 1.64. The average molecular weight is 436 g/mol. The van der Waals surface area contributed by atoms with E-state index in [4.69, 9.17) is 4.74 Å². The fraction of sp³-hybridized carbons (Fsp3) is 0.143. The molecule has 0 spiro atoms. The number of aromatic amines is 1. The maximum Gasteiger partial charge on any atom is 0.247 e. The Morgan fingerprint density at radius 2 is 2.29 bits per heavy atom. The summed E-state index contributed by atoms with van der Waals surface area (Å²) in [7, 11) is 1.90. The molecule has 0 aliphatic carbocycles. The fourth-order valence-electron chi connectivity index (χ4n) is 2.96. The fourth-order valence-corrected chi connectivity index (χ4v) is 3.44. The van der Waals surface area contributed by atoms with Crippen LogP contribution in [0.25, 0.3) is 22.3 Å². The van der Waals surface area contributed by atoms with E-state index in [9.17, 15) is 4.79 Å². The van der Waals surface area contributed by atoms with E-state index in [1.807, 2.05) is 30.3 Å². The highest BCUT2D eigenvalue weighted by Crippen LogP contribution is 2.29. The van der Waals surface area contributed by atoms with Gasteiger partial charge in [-0.3, -0.25) is 14.2 Å². The Hall–Kier alpha value is -3.63. The van der Waals surface area contributed by atoms with Crippen LogP contribution in [-0.2, 0) is 11.3 Å². The molecule has 4 aromatic rings. The monoisotopic (exact) mass is 435 g/mol. The largest absolute Gasteiger partial charge is 0.437 e. The van der Waals surface area contributed by atoms with Gasteiger partial charge in [-0.15, -0.1) is 0 Å². The number of carbonyl (C=O) groups is 1. The lowest BCUT2D eigenvalue weighted by molar-refractivity contribution is -0.111. The number of H-pyrrole nitrogens is 1. The Bertz CT molecular complexity index is 1220. The minimum Gasteiger partial charge on any atom is -0.437 e. The summed E-state index contributed by atoms with van der Waals surface area (Å²) in [6.45, 7) is 4.25. The third-order valence-electron chi connectivity index (χ3n) is 4.38. The number of carbonyl (C=O) groups excluding carboxylic acids is 1. The van der Waals surface area contributed by atoms with Gasteiger partial charge in [0, 0.05) is 41.0 Å². The van der Waals surface area contributed by atoms with Gasteiger partial charge in [-0.1, -0.05) is 24.6 Å². The molecule has 3 heterocycles. The molecule has 158 valence electrons. The summed E-state index contributed by atoms with van der Waals surface area (Å²) < 4.78 is 10.8. The Balaban J connectivity index is 1.56. The van der Waals surface area contributed by atoms with E-state index in [-0.39, 0.29) is 5.91 Å². The second-order valence-corrected chi connectivity index (χ2v) is 7.58. The number of nitrogens with zero attached hydrogens (tertiary/aromatic N) is 4. The highest BCUT2D eigenvalue weighted by molar-refractivity contribution is 7.97. The molecule has 0 unspecified atom stereocenters. The minimum atomic E-state index is -0.291. The molecule has 0 fully saturated rings. The van der Waals surface area contributed by atoms with Gasteiger partial charge in [-0.05, 0) is 25.3 Å². The third kappa shape index (κ3) is 4.93. The number of fused-ring (bicyclic) bond motifs is 1. The van der Waals surface area contributed by atoms with Gasteiger partial charge in [0.1, 0.15) is 11.3 Å². The van der Waals surface area contributed by atoms with Crippen LogP contribution in [0.3, 0.4) is 0 Å². The van der Waals surface area contributed by atoms with Gasteiger partial charge in [-0.2, -0.15) is 5.10 Å². The van der Waals surface area contributed by atoms with E-state index in [0.717, 1.165) is 23.4 Å². The Morgan fingerprint density at radius 1 is 1.39 bits per heavy atom. The van der Waals surface area contributed by atoms with Crippen LogP contribution in [0.4, 0.5) is 5.69 Å². The first-order valence-electron chi connectivity index (χ1n) is 9.53. The van der Waals surface area contributed by atoms with Crippen LogP contribution in [0.15, 0.2) is 61.7 Å². The molecule has 0 saturated heterocycles. The summed E-state index contributed by atoms with van der Waals surface area (Å²) in [5, 5.41) is 7.12. The van der Waals surface area contributed by atoms with E-state index in [2.05, 4.69) is 36.7 Å². The van der Waals surface area contributed by atoms with Crippen LogP contribution in [0, 0.1) is 0 Å². The SMILES string of the molecule is C=CC(=O)Nc1cccc(Oc2cnc3[nH]cc(-c4cnn(CCSNC)c4)c3n2)c1. The second-order valence-electron chi connectivity index (χ2n) is 6.48. The molecular formula is C21H21N7O2S. The first-order chi connectivity index (χ1) is 15.2. The van der Waals surface area contributed by atoms with Crippen molar-refractivity contribution in [1.82, 2.24) is 29.5 Å². The van der Waals surface area contributed by atoms with Crippen molar-refractivity contribution in [1.29, 1.82) is 0 Å². The van der Waals surface area contributed by atoms with E-state index in [1.54, 1.807) is 42.4 Å². The summed E-state index contributed by atoms with van der Waals surface area (Å²) in [6.07, 6.45) is 8.43. The molecule has 31 heavy (non-hydrogen) atoms. The van der Waals surface area contributed by atoms with E-state index < -0.39 is 0 Å². The highest BCUT2D eigenvalue weighted by atomic mass is 32.2. The third-order valence-corrected chi connectivity index (χ3v) is 5.05. The first kappa shape index (κ1) is 20.6. The zero-order chi connectivity index (χ0) is 21.6.